The molecule has 4 nitrogen and oxygen atoms in total. The van der Waals surface area contributed by atoms with Gasteiger partial charge in [0.2, 0.25) is 0 Å². The number of alkyl halides is 3. The first-order chi connectivity index (χ1) is 9.69. The SMILES string of the molecule is CC(C)(CCCO)CNc1nc(C(F)(F)F)ccc1C#N. The molecule has 0 aromatic carbocycles. The first-order valence-corrected chi connectivity index (χ1v) is 6.53. The summed E-state index contributed by atoms with van der Waals surface area (Å²) >= 11 is 0. The van der Waals surface area contributed by atoms with Gasteiger partial charge in [0.15, 0.2) is 0 Å². The van der Waals surface area contributed by atoms with E-state index in [1.54, 1.807) is 0 Å². The minimum Gasteiger partial charge on any atom is -0.396 e. The van der Waals surface area contributed by atoms with Gasteiger partial charge < -0.3 is 10.4 Å². The third kappa shape index (κ3) is 5.23. The Morgan fingerprint density at radius 3 is 2.52 bits per heavy atom. The van der Waals surface area contributed by atoms with Crippen molar-refractivity contribution in [2.75, 3.05) is 18.5 Å². The van der Waals surface area contributed by atoms with E-state index in [-0.39, 0.29) is 23.4 Å². The summed E-state index contributed by atoms with van der Waals surface area (Å²) in [6.45, 7) is 4.27. The van der Waals surface area contributed by atoms with Crippen molar-refractivity contribution >= 4 is 5.82 Å². The molecule has 0 unspecified atom stereocenters. The van der Waals surface area contributed by atoms with Gasteiger partial charge in [0.25, 0.3) is 0 Å². The second kappa shape index (κ2) is 6.76. The number of aromatic nitrogens is 1. The number of anilines is 1. The van der Waals surface area contributed by atoms with E-state index in [9.17, 15) is 13.2 Å². The second-order valence-electron chi connectivity index (χ2n) is 5.55. The van der Waals surface area contributed by atoms with E-state index in [4.69, 9.17) is 10.4 Å². The van der Waals surface area contributed by atoms with Crippen molar-refractivity contribution < 1.29 is 18.3 Å². The molecule has 0 aliphatic carbocycles. The predicted molar refractivity (Wildman–Crippen MR) is 72.5 cm³/mol. The van der Waals surface area contributed by atoms with Gasteiger partial charge in [-0.3, -0.25) is 0 Å². The first kappa shape index (κ1) is 17.2. The van der Waals surface area contributed by atoms with Crippen molar-refractivity contribution in [2.45, 2.75) is 32.9 Å². The maximum atomic E-state index is 12.6. The van der Waals surface area contributed by atoms with E-state index < -0.39 is 11.9 Å². The average Bonchev–Trinajstić information content (AvgIpc) is 2.41. The summed E-state index contributed by atoms with van der Waals surface area (Å²) in [4.78, 5) is 3.49. The van der Waals surface area contributed by atoms with Crippen LogP contribution in [0.15, 0.2) is 12.1 Å². The second-order valence-corrected chi connectivity index (χ2v) is 5.55. The minimum atomic E-state index is -4.54. The third-order valence-electron chi connectivity index (χ3n) is 3.05. The van der Waals surface area contributed by atoms with Crippen LogP contribution in [0.3, 0.4) is 0 Å². The minimum absolute atomic E-state index is 0.0642. The zero-order valence-electron chi connectivity index (χ0n) is 12.0. The molecule has 0 radical (unpaired) electrons. The van der Waals surface area contributed by atoms with Crippen molar-refractivity contribution in [3.63, 3.8) is 0 Å². The Labute approximate surface area is 121 Å². The van der Waals surface area contributed by atoms with Crippen LogP contribution in [0.2, 0.25) is 0 Å². The van der Waals surface area contributed by atoms with Crippen molar-refractivity contribution in [1.29, 1.82) is 5.26 Å². The molecule has 0 spiro atoms. The summed E-state index contributed by atoms with van der Waals surface area (Å²) in [5.74, 6) is -0.0654. The molecule has 0 aliphatic rings. The third-order valence-corrected chi connectivity index (χ3v) is 3.05. The molecule has 2 N–H and O–H groups in total. The van der Waals surface area contributed by atoms with Gasteiger partial charge in [0.05, 0.1) is 5.56 Å². The van der Waals surface area contributed by atoms with Crippen LogP contribution in [0.1, 0.15) is 37.9 Å². The standard InChI is InChI=1S/C14H18F3N3O/c1-13(2,6-3-7-21)9-19-12-10(8-18)4-5-11(20-12)14(15,16)17/h4-5,21H,3,6-7,9H2,1-2H3,(H,19,20). The number of nitriles is 1. The van der Waals surface area contributed by atoms with Crippen molar-refractivity contribution in [3.8, 4) is 6.07 Å². The maximum absolute atomic E-state index is 12.6. The number of aliphatic hydroxyl groups is 1. The number of nitrogens with zero attached hydrogens (tertiary/aromatic N) is 2. The fourth-order valence-corrected chi connectivity index (χ4v) is 1.81. The van der Waals surface area contributed by atoms with Gasteiger partial charge in [-0.2, -0.15) is 18.4 Å². The number of nitrogens with one attached hydrogen (secondary N) is 1. The van der Waals surface area contributed by atoms with Crippen LogP contribution in [0.5, 0.6) is 0 Å². The number of aliphatic hydroxyl groups excluding tert-OH is 1. The monoisotopic (exact) mass is 301 g/mol. The highest BCUT2D eigenvalue weighted by atomic mass is 19.4. The molecule has 0 amide bonds. The van der Waals surface area contributed by atoms with Crippen LogP contribution in [-0.4, -0.2) is 23.2 Å². The molecular formula is C14H18F3N3O. The topological polar surface area (TPSA) is 68.9 Å². The van der Waals surface area contributed by atoms with E-state index in [0.717, 1.165) is 12.1 Å². The summed E-state index contributed by atoms with van der Waals surface area (Å²) in [5.41, 5.74) is -1.19. The molecule has 1 aromatic heterocycles. The Kier molecular flexibility index (Phi) is 5.55. The molecule has 0 saturated heterocycles. The first-order valence-electron chi connectivity index (χ1n) is 6.53. The molecule has 1 rings (SSSR count). The van der Waals surface area contributed by atoms with Crippen LogP contribution < -0.4 is 5.32 Å². The fourth-order valence-electron chi connectivity index (χ4n) is 1.81. The number of hydrogen-bond acceptors (Lipinski definition) is 4. The Hall–Kier alpha value is -1.81. The largest absolute Gasteiger partial charge is 0.433 e. The molecule has 1 heterocycles. The smallest absolute Gasteiger partial charge is 0.396 e. The quantitative estimate of drug-likeness (QED) is 0.846. The summed E-state index contributed by atoms with van der Waals surface area (Å²) < 4.78 is 37.9. The molecule has 0 aliphatic heterocycles. The number of hydrogen-bond donors (Lipinski definition) is 2. The Bertz CT molecular complexity index is 521. The molecule has 1 aromatic rings. The number of halogens is 3. The predicted octanol–water partition coefficient (Wildman–Crippen LogP) is 3.18. The maximum Gasteiger partial charge on any atom is 0.433 e. The normalized spacial score (nSPS) is 12.0. The van der Waals surface area contributed by atoms with Crippen LogP contribution in [0, 0.1) is 16.7 Å². The van der Waals surface area contributed by atoms with Gasteiger partial charge in [0, 0.05) is 13.2 Å². The van der Waals surface area contributed by atoms with Crippen molar-refractivity contribution in [2.24, 2.45) is 5.41 Å². The average molecular weight is 301 g/mol. The number of pyridine rings is 1. The summed E-state index contributed by atoms with van der Waals surface area (Å²) in [6, 6.07) is 3.72. The summed E-state index contributed by atoms with van der Waals surface area (Å²) in [5, 5.41) is 20.6. The molecule has 0 bridgehead atoms. The lowest BCUT2D eigenvalue weighted by atomic mass is 9.88. The molecule has 0 saturated carbocycles. The van der Waals surface area contributed by atoms with Crippen LogP contribution >= 0.6 is 0 Å². The molecule has 116 valence electrons. The van der Waals surface area contributed by atoms with Gasteiger partial charge in [-0.05, 0) is 30.4 Å². The van der Waals surface area contributed by atoms with E-state index in [1.165, 1.54) is 0 Å². The van der Waals surface area contributed by atoms with Gasteiger partial charge >= 0.3 is 6.18 Å². The summed E-state index contributed by atoms with van der Waals surface area (Å²) in [6.07, 6.45) is -3.23. The van der Waals surface area contributed by atoms with Crippen LogP contribution in [0.4, 0.5) is 19.0 Å². The van der Waals surface area contributed by atoms with E-state index in [0.29, 0.717) is 19.4 Å². The lowest BCUT2D eigenvalue weighted by Crippen LogP contribution is -2.24. The Morgan fingerprint density at radius 1 is 1.33 bits per heavy atom. The fraction of sp³-hybridized carbons (Fsp3) is 0.571. The molecule has 0 atom stereocenters. The van der Waals surface area contributed by atoms with Gasteiger partial charge in [-0.15, -0.1) is 0 Å². The van der Waals surface area contributed by atoms with E-state index >= 15 is 0 Å². The summed E-state index contributed by atoms with van der Waals surface area (Å²) in [7, 11) is 0. The van der Waals surface area contributed by atoms with Crippen molar-refractivity contribution in [3.05, 3.63) is 23.4 Å². The highest BCUT2D eigenvalue weighted by molar-refractivity contribution is 5.52. The van der Waals surface area contributed by atoms with Crippen LogP contribution in [-0.2, 0) is 6.18 Å². The van der Waals surface area contributed by atoms with Gasteiger partial charge in [-0.25, -0.2) is 4.98 Å². The Morgan fingerprint density at radius 2 is 2.00 bits per heavy atom. The van der Waals surface area contributed by atoms with Gasteiger partial charge in [0.1, 0.15) is 17.6 Å². The van der Waals surface area contributed by atoms with Crippen molar-refractivity contribution in [1.82, 2.24) is 4.98 Å². The van der Waals surface area contributed by atoms with E-state index in [2.05, 4.69) is 10.3 Å². The molecule has 0 fully saturated rings. The highest BCUT2D eigenvalue weighted by Crippen LogP contribution is 2.30. The Balaban J connectivity index is 2.89. The zero-order chi connectivity index (χ0) is 16.1. The number of rotatable bonds is 6. The zero-order valence-corrected chi connectivity index (χ0v) is 12.0. The molecule has 21 heavy (non-hydrogen) atoms. The lowest BCUT2D eigenvalue weighted by molar-refractivity contribution is -0.141. The molecular weight excluding hydrogens is 283 g/mol. The van der Waals surface area contributed by atoms with Crippen LogP contribution in [0.25, 0.3) is 0 Å². The van der Waals surface area contributed by atoms with E-state index in [1.807, 2.05) is 19.9 Å². The lowest BCUT2D eigenvalue weighted by Gasteiger charge is -2.25. The molecule has 7 heteroatoms. The highest BCUT2D eigenvalue weighted by Gasteiger charge is 2.33. The van der Waals surface area contributed by atoms with Gasteiger partial charge in [-0.1, -0.05) is 13.8 Å².